The van der Waals surface area contributed by atoms with E-state index in [1.165, 1.54) is 36.5 Å². The Bertz CT molecular complexity index is 1530. The van der Waals surface area contributed by atoms with Gasteiger partial charge < -0.3 is 15.5 Å². The van der Waals surface area contributed by atoms with Crippen LogP contribution in [0, 0.1) is 17.0 Å². The molecule has 9 nitrogen and oxygen atoms in total. The fourth-order valence-corrected chi connectivity index (χ4v) is 3.72. The second-order valence-electron chi connectivity index (χ2n) is 8.04. The van der Waals surface area contributed by atoms with Crippen LogP contribution in [0.25, 0.3) is 11.2 Å². The van der Waals surface area contributed by atoms with Crippen molar-refractivity contribution in [2.75, 3.05) is 4.90 Å². The molecule has 0 bridgehead atoms. The van der Waals surface area contributed by atoms with Crippen LogP contribution >= 0.6 is 0 Å². The number of nitrogens with two attached hydrogens (primary N) is 1. The molecule has 2 aromatic carbocycles. The molecule has 2 heterocycles. The number of amides is 2. The molecule has 0 saturated heterocycles. The van der Waals surface area contributed by atoms with Gasteiger partial charge in [-0.3, -0.25) is 19.3 Å². The van der Waals surface area contributed by atoms with E-state index in [0.717, 1.165) is 29.3 Å². The molecule has 1 saturated carbocycles. The Labute approximate surface area is 196 Å². The Morgan fingerprint density at radius 3 is 2.37 bits per heavy atom. The number of ether oxygens (including phenoxy) is 1. The van der Waals surface area contributed by atoms with E-state index < -0.39 is 34.4 Å². The molecule has 0 radical (unpaired) electrons. The number of nitrogens with one attached hydrogen (secondary N) is 1. The molecule has 176 valence electrons. The number of pyridine rings is 1. The smallest absolute Gasteiger partial charge is 0.267 e. The van der Waals surface area contributed by atoms with Crippen molar-refractivity contribution in [3.63, 3.8) is 0 Å². The summed E-state index contributed by atoms with van der Waals surface area (Å²) in [7, 11) is 0. The van der Waals surface area contributed by atoms with Crippen molar-refractivity contribution < 1.29 is 23.1 Å². The number of carbonyl (C=O) groups is 2. The fraction of sp³-hybridized carbons (Fsp3) is 0.125. The molecule has 1 aliphatic carbocycles. The number of carbonyl (C=O) groups excluding carboxylic acids is 2. The molecule has 0 aliphatic heterocycles. The third-order valence-corrected chi connectivity index (χ3v) is 5.76. The first-order valence-corrected chi connectivity index (χ1v) is 10.5. The number of H-pyrrole nitrogens is 1. The predicted octanol–water partition coefficient (Wildman–Crippen LogP) is 3.32. The van der Waals surface area contributed by atoms with Crippen LogP contribution in [0.2, 0.25) is 0 Å². The van der Waals surface area contributed by atoms with Gasteiger partial charge >= 0.3 is 0 Å². The summed E-state index contributed by atoms with van der Waals surface area (Å²) in [5.74, 6) is -2.85. The zero-order chi connectivity index (χ0) is 24.7. The van der Waals surface area contributed by atoms with Gasteiger partial charge in [0.15, 0.2) is 23.0 Å². The van der Waals surface area contributed by atoms with Crippen molar-refractivity contribution in [2.45, 2.75) is 12.8 Å². The topological polar surface area (TPSA) is 131 Å². The first-order valence-electron chi connectivity index (χ1n) is 10.5. The lowest BCUT2D eigenvalue weighted by molar-refractivity contribution is -0.133. The second kappa shape index (κ2) is 8.28. The number of hydrogen-bond acceptors (Lipinski definition) is 6. The molecule has 0 spiro atoms. The van der Waals surface area contributed by atoms with Gasteiger partial charge in [-0.05, 0) is 49.2 Å². The summed E-state index contributed by atoms with van der Waals surface area (Å²) < 4.78 is 34.3. The third-order valence-electron chi connectivity index (χ3n) is 5.76. The van der Waals surface area contributed by atoms with Gasteiger partial charge in [0, 0.05) is 24.0 Å². The fourth-order valence-electron chi connectivity index (χ4n) is 3.72. The maximum Gasteiger partial charge on any atom is 0.267 e. The van der Waals surface area contributed by atoms with Crippen molar-refractivity contribution in [3.8, 4) is 11.5 Å². The molecule has 1 aliphatic rings. The molecular formula is C24H17F2N5O4. The minimum atomic E-state index is -1.39. The Kier molecular flexibility index (Phi) is 5.24. The van der Waals surface area contributed by atoms with Crippen LogP contribution < -0.4 is 20.9 Å². The van der Waals surface area contributed by atoms with E-state index >= 15 is 4.39 Å². The van der Waals surface area contributed by atoms with E-state index in [4.69, 9.17) is 10.5 Å². The number of anilines is 2. The van der Waals surface area contributed by atoms with E-state index in [1.54, 1.807) is 0 Å². The zero-order valence-corrected chi connectivity index (χ0v) is 18.0. The minimum absolute atomic E-state index is 0.0913. The van der Waals surface area contributed by atoms with Crippen molar-refractivity contribution >= 4 is 34.4 Å². The number of hydrogen-bond donors (Lipinski definition) is 2. The predicted molar refractivity (Wildman–Crippen MR) is 121 cm³/mol. The SMILES string of the molecule is NC(=O)C1(C(=O)N(c2ccc(F)cc2)c2ccc(Oc3ccnc4ncc(=O)[nH]c34)c(F)c2)CC1. The normalized spacial score (nSPS) is 13.9. The lowest BCUT2D eigenvalue weighted by Gasteiger charge is -2.26. The van der Waals surface area contributed by atoms with Crippen molar-refractivity contribution in [2.24, 2.45) is 11.1 Å². The van der Waals surface area contributed by atoms with Crippen LogP contribution in [0.3, 0.4) is 0 Å². The van der Waals surface area contributed by atoms with E-state index in [0.29, 0.717) is 0 Å². The summed E-state index contributed by atoms with van der Waals surface area (Å²) in [5, 5.41) is 0. The van der Waals surface area contributed by atoms with Gasteiger partial charge in [0.1, 0.15) is 16.7 Å². The third kappa shape index (κ3) is 3.97. The molecule has 1 fully saturated rings. The standard InChI is InChI=1S/C24H17F2N5O4/c25-13-1-3-14(4-2-13)31(23(34)24(8-9-24)22(27)33)15-5-6-17(16(26)11-15)35-18-7-10-28-21-20(18)30-19(32)12-29-21/h1-7,10-12H,8-9H2,(H2,27,33)(H,30,32). The Morgan fingerprint density at radius 1 is 1.00 bits per heavy atom. The van der Waals surface area contributed by atoms with Crippen molar-refractivity contribution in [3.05, 3.63) is 82.9 Å². The van der Waals surface area contributed by atoms with Gasteiger partial charge in [-0.1, -0.05) is 0 Å². The molecule has 0 atom stereocenters. The van der Waals surface area contributed by atoms with Gasteiger partial charge in [-0.2, -0.15) is 0 Å². The highest BCUT2D eigenvalue weighted by Crippen LogP contribution is 2.49. The van der Waals surface area contributed by atoms with Crippen molar-refractivity contribution in [1.82, 2.24) is 15.0 Å². The molecule has 0 unspecified atom stereocenters. The van der Waals surface area contributed by atoms with Crippen LogP contribution in [-0.2, 0) is 9.59 Å². The maximum absolute atomic E-state index is 15.2. The highest BCUT2D eigenvalue weighted by molar-refractivity contribution is 6.16. The molecule has 35 heavy (non-hydrogen) atoms. The van der Waals surface area contributed by atoms with E-state index in [1.807, 2.05) is 0 Å². The van der Waals surface area contributed by atoms with Gasteiger partial charge in [0.05, 0.1) is 11.9 Å². The molecule has 11 heteroatoms. The first-order chi connectivity index (χ1) is 16.8. The number of benzene rings is 2. The summed E-state index contributed by atoms with van der Waals surface area (Å²) in [5.41, 5.74) is 4.31. The van der Waals surface area contributed by atoms with Crippen LogP contribution in [0.5, 0.6) is 11.5 Å². The molecule has 4 aromatic rings. The maximum atomic E-state index is 15.2. The first kappa shape index (κ1) is 22.1. The number of aromatic amines is 1. The molecule has 2 amide bonds. The number of rotatable bonds is 6. The van der Waals surface area contributed by atoms with Gasteiger partial charge in [0.25, 0.3) is 5.56 Å². The number of aromatic nitrogens is 3. The number of halogens is 2. The average molecular weight is 477 g/mol. The van der Waals surface area contributed by atoms with E-state index in [-0.39, 0.29) is 46.9 Å². The van der Waals surface area contributed by atoms with Gasteiger partial charge in [-0.25, -0.2) is 18.7 Å². The number of primary amides is 1. The summed E-state index contributed by atoms with van der Waals surface area (Å²) in [6, 6.07) is 10.2. The van der Waals surface area contributed by atoms with Crippen LogP contribution in [0.15, 0.2) is 65.7 Å². The minimum Gasteiger partial charge on any atom is -0.452 e. The van der Waals surface area contributed by atoms with E-state index in [2.05, 4.69) is 15.0 Å². The number of nitrogens with zero attached hydrogens (tertiary/aromatic N) is 3. The van der Waals surface area contributed by atoms with Crippen molar-refractivity contribution in [1.29, 1.82) is 0 Å². The quantitative estimate of drug-likeness (QED) is 0.410. The molecule has 5 rings (SSSR count). The lowest BCUT2D eigenvalue weighted by atomic mass is 10.0. The zero-order valence-electron chi connectivity index (χ0n) is 18.0. The summed E-state index contributed by atoms with van der Waals surface area (Å²) in [6.07, 6.45) is 2.99. The largest absolute Gasteiger partial charge is 0.452 e. The summed E-state index contributed by atoms with van der Waals surface area (Å²) in [4.78, 5) is 48.6. The molecule has 3 N–H and O–H groups in total. The highest BCUT2D eigenvalue weighted by atomic mass is 19.1. The highest BCUT2D eigenvalue weighted by Gasteiger charge is 2.57. The van der Waals surface area contributed by atoms with Gasteiger partial charge in [0.2, 0.25) is 11.8 Å². The summed E-state index contributed by atoms with van der Waals surface area (Å²) >= 11 is 0. The summed E-state index contributed by atoms with van der Waals surface area (Å²) in [6.45, 7) is 0. The Balaban J connectivity index is 1.53. The molecular weight excluding hydrogens is 460 g/mol. The number of fused-ring (bicyclic) bond motifs is 1. The van der Waals surface area contributed by atoms with Crippen LogP contribution in [0.1, 0.15) is 12.8 Å². The monoisotopic (exact) mass is 477 g/mol. The van der Waals surface area contributed by atoms with Crippen LogP contribution in [-0.4, -0.2) is 26.8 Å². The van der Waals surface area contributed by atoms with E-state index in [9.17, 15) is 18.8 Å². The average Bonchev–Trinajstić information content (AvgIpc) is 3.65. The second-order valence-corrected chi connectivity index (χ2v) is 8.04. The van der Waals surface area contributed by atoms with Crippen LogP contribution in [0.4, 0.5) is 20.2 Å². The van der Waals surface area contributed by atoms with Gasteiger partial charge in [-0.15, -0.1) is 0 Å². The lowest BCUT2D eigenvalue weighted by Crippen LogP contribution is -2.41. The molecule has 2 aromatic heterocycles. The Hall–Kier alpha value is -4.67. The Morgan fingerprint density at radius 2 is 1.71 bits per heavy atom.